The second-order valence-corrected chi connectivity index (χ2v) is 2.73. The van der Waals surface area contributed by atoms with Crippen LogP contribution < -0.4 is 10.0 Å². The summed E-state index contributed by atoms with van der Waals surface area (Å²) in [7, 11) is 0. The van der Waals surface area contributed by atoms with E-state index < -0.39 is 6.03 Å². The van der Waals surface area contributed by atoms with Gasteiger partial charge in [0.1, 0.15) is 5.82 Å². The molecule has 0 unspecified atom stereocenters. The zero-order valence-electron chi connectivity index (χ0n) is 6.71. The van der Waals surface area contributed by atoms with E-state index in [4.69, 9.17) is 10.8 Å². The van der Waals surface area contributed by atoms with E-state index in [0.717, 1.165) is 4.31 Å². The number of thiol groups is 1. The number of aromatic nitrogens is 1. The number of aliphatic hydroxyl groups excluding tert-OH is 1. The van der Waals surface area contributed by atoms with Crippen LogP contribution >= 0.6 is 12.8 Å². The number of pyridine rings is 1. The van der Waals surface area contributed by atoms with Gasteiger partial charge in [-0.15, -0.1) is 0 Å². The Kier molecular flexibility index (Phi) is 3.10. The summed E-state index contributed by atoms with van der Waals surface area (Å²) in [6.45, 7) is -0.0869. The average molecular weight is 199 g/mol. The van der Waals surface area contributed by atoms with Crippen LogP contribution in [-0.2, 0) is 6.61 Å². The fourth-order valence-electron chi connectivity index (χ4n) is 0.748. The number of nitrogens with two attached hydrogens (primary N) is 1. The Morgan fingerprint density at radius 1 is 1.69 bits per heavy atom. The van der Waals surface area contributed by atoms with E-state index in [1.165, 1.54) is 6.20 Å². The van der Waals surface area contributed by atoms with Gasteiger partial charge in [-0.2, -0.15) is 0 Å². The van der Waals surface area contributed by atoms with Crippen LogP contribution in [0, 0.1) is 0 Å². The first kappa shape index (κ1) is 9.82. The van der Waals surface area contributed by atoms with Crippen LogP contribution in [0.3, 0.4) is 0 Å². The maximum Gasteiger partial charge on any atom is 0.330 e. The van der Waals surface area contributed by atoms with Crippen molar-refractivity contribution >= 4 is 24.7 Å². The molecule has 0 saturated heterocycles. The molecule has 13 heavy (non-hydrogen) atoms. The van der Waals surface area contributed by atoms with Gasteiger partial charge in [0.2, 0.25) is 0 Å². The number of anilines is 1. The third-order valence-corrected chi connectivity index (χ3v) is 1.82. The van der Waals surface area contributed by atoms with Crippen LogP contribution in [0.1, 0.15) is 5.56 Å². The lowest BCUT2D eigenvalue weighted by Gasteiger charge is -2.10. The summed E-state index contributed by atoms with van der Waals surface area (Å²) < 4.78 is 0.918. The Morgan fingerprint density at radius 3 is 2.77 bits per heavy atom. The highest BCUT2D eigenvalue weighted by molar-refractivity contribution is 7.82. The van der Waals surface area contributed by atoms with Crippen molar-refractivity contribution in [2.24, 2.45) is 5.73 Å². The van der Waals surface area contributed by atoms with E-state index in [-0.39, 0.29) is 6.61 Å². The van der Waals surface area contributed by atoms with E-state index in [2.05, 4.69) is 17.8 Å². The molecule has 0 bridgehead atoms. The summed E-state index contributed by atoms with van der Waals surface area (Å²) in [5.41, 5.74) is 5.62. The predicted molar refractivity (Wildman–Crippen MR) is 51.2 cm³/mol. The summed E-state index contributed by atoms with van der Waals surface area (Å²) in [6.07, 6.45) is 1.45. The van der Waals surface area contributed by atoms with Gasteiger partial charge in [-0.25, -0.2) is 14.1 Å². The predicted octanol–water partition coefficient (Wildman–Crippen LogP) is 0.304. The van der Waals surface area contributed by atoms with Crippen molar-refractivity contribution in [3.63, 3.8) is 0 Å². The van der Waals surface area contributed by atoms with Gasteiger partial charge in [0.25, 0.3) is 0 Å². The first-order valence-electron chi connectivity index (χ1n) is 3.49. The fourth-order valence-corrected chi connectivity index (χ4v) is 0.867. The van der Waals surface area contributed by atoms with Crippen LogP contribution in [-0.4, -0.2) is 16.1 Å². The van der Waals surface area contributed by atoms with Gasteiger partial charge in [-0.3, -0.25) is 0 Å². The topological polar surface area (TPSA) is 79.5 Å². The lowest BCUT2D eigenvalue weighted by molar-refractivity contribution is 0.257. The number of amides is 2. The number of aliphatic hydroxyl groups is 1. The van der Waals surface area contributed by atoms with Crippen molar-refractivity contribution in [3.8, 4) is 0 Å². The summed E-state index contributed by atoms with van der Waals surface area (Å²) in [6, 6.07) is 2.48. The Hall–Kier alpha value is -1.27. The molecule has 3 N–H and O–H groups in total. The molecule has 70 valence electrons. The van der Waals surface area contributed by atoms with E-state index >= 15 is 0 Å². The summed E-state index contributed by atoms with van der Waals surface area (Å²) in [5, 5.41) is 8.71. The van der Waals surface area contributed by atoms with Crippen LogP contribution in [0.2, 0.25) is 0 Å². The SMILES string of the molecule is NC(=O)N(S)c1ccc(CO)cn1. The summed E-state index contributed by atoms with van der Waals surface area (Å²) >= 11 is 3.81. The fraction of sp³-hybridized carbons (Fsp3) is 0.143. The van der Waals surface area contributed by atoms with Crippen molar-refractivity contribution < 1.29 is 9.90 Å². The molecular weight excluding hydrogens is 190 g/mol. The number of primary amides is 1. The van der Waals surface area contributed by atoms with Crippen LogP contribution in [0.15, 0.2) is 18.3 Å². The molecule has 1 aromatic heterocycles. The molecule has 0 saturated carbocycles. The number of hydrogen-bond acceptors (Lipinski definition) is 4. The Balaban J connectivity index is 2.85. The first-order chi connectivity index (χ1) is 6.15. The monoisotopic (exact) mass is 199 g/mol. The van der Waals surface area contributed by atoms with Gasteiger partial charge < -0.3 is 10.8 Å². The molecule has 0 aromatic carbocycles. The largest absolute Gasteiger partial charge is 0.392 e. The maximum atomic E-state index is 10.6. The lowest BCUT2D eigenvalue weighted by atomic mass is 10.3. The molecule has 5 nitrogen and oxygen atoms in total. The Morgan fingerprint density at radius 2 is 2.38 bits per heavy atom. The van der Waals surface area contributed by atoms with Gasteiger partial charge in [0.05, 0.1) is 6.61 Å². The lowest BCUT2D eigenvalue weighted by Crippen LogP contribution is -2.27. The van der Waals surface area contributed by atoms with Gasteiger partial charge in [-0.05, 0) is 11.6 Å². The van der Waals surface area contributed by atoms with Gasteiger partial charge >= 0.3 is 6.03 Å². The number of nitrogens with zero attached hydrogens (tertiary/aromatic N) is 2. The molecule has 6 heteroatoms. The van der Waals surface area contributed by atoms with Gasteiger partial charge in [0.15, 0.2) is 0 Å². The minimum Gasteiger partial charge on any atom is -0.392 e. The van der Waals surface area contributed by atoms with Crippen LogP contribution in [0.5, 0.6) is 0 Å². The average Bonchev–Trinajstić information content (AvgIpc) is 2.17. The second-order valence-electron chi connectivity index (χ2n) is 2.33. The zero-order chi connectivity index (χ0) is 9.84. The Labute approximate surface area is 80.7 Å². The number of rotatable bonds is 2. The molecule has 0 aliphatic carbocycles. The third-order valence-electron chi connectivity index (χ3n) is 1.42. The van der Waals surface area contributed by atoms with E-state index in [0.29, 0.717) is 11.4 Å². The van der Waals surface area contributed by atoms with E-state index in [9.17, 15) is 4.79 Å². The highest BCUT2D eigenvalue weighted by Crippen LogP contribution is 2.12. The van der Waals surface area contributed by atoms with Crippen molar-refractivity contribution in [1.29, 1.82) is 0 Å². The summed E-state index contributed by atoms with van der Waals surface area (Å²) in [5.74, 6) is 0.327. The van der Waals surface area contributed by atoms with Crippen molar-refractivity contribution in [2.45, 2.75) is 6.61 Å². The van der Waals surface area contributed by atoms with Gasteiger partial charge in [0, 0.05) is 6.20 Å². The van der Waals surface area contributed by atoms with Crippen molar-refractivity contribution in [3.05, 3.63) is 23.9 Å². The van der Waals surface area contributed by atoms with Crippen LogP contribution in [0.4, 0.5) is 10.6 Å². The van der Waals surface area contributed by atoms with Crippen molar-refractivity contribution in [1.82, 2.24) is 4.98 Å². The molecule has 2 amide bonds. The van der Waals surface area contributed by atoms with E-state index in [1.54, 1.807) is 12.1 Å². The Bertz CT molecular complexity index is 301. The second kappa shape index (κ2) is 4.11. The molecule has 0 atom stereocenters. The molecule has 0 aliphatic heterocycles. The highest BCUT2D eigenvalue weighted by atomic mass is 32.1. The molecular formula is C7H9N3O2S. The minimum absolute atomic E-state index is 0.0869. The number of carbonyl (C=O) groups excluding carboxylic acids is 1. The molecule has 1 aromatic rings. The van der Waals surface area contributed by atoms with Crippen LogP contribution in [0.25, 0.3) is 0 Å². The normalized spacial score (nSPS) is 9.69. The first-order valence-corrected chi connectivity index (χ1v) is 3.89. The number of hydrogen-bond donors (Lipinski definition) is 3. The molecule has 0 fully saturated rings. The third kappa shape index (κ3) is 2.33. The van der Waals surface area contributed by atoms with Gasteiger partial charge in [-0.1, -0.05) is 18.9 Å². The van der Waals surface area contributed by atoms with E-state index in [1.807, 2.05) is 0 Å². The molecule has 1 heterocycles. The zero-order valence-corrected chi connectivity index (χ0v) is 7.61. The molecule has 1 rings (SSSR count). The number of carbonyl (C=O) groups is 1. The molecule has 0 spiro atoms. The molecule has 0 radical (unpaired) electrons. The number of urea groups is 1. The minimum atomic E-state index is -0.701. The quantitative estimate of drug-likeness (QED) is 0.599. The standard InChI is InChI=1S/C7H9N3O2S/c8-7(12)10(13)6-2-1-5(4-11)3-9-6/h1-3,11,13H,4H2,(H2,8,12). The smallest absolute Gasteiger partial charge is 0.330 e. The maximum absolute atomic E-state index is 10.6. The highest BCUT2D eigenvalue weighted by Gasteiger charge is 2.07. The summed E-state index contributed by atoms with van der Waals surface area (Å²) in [4.78, 5) is 14.5. The van der Waals surface area contributed by atoms with Crippen molar-refractivity contribution in [2.75, 3.05) is 4.31 Å². The molecule has 0 aliphatic rings.